The number of rotatable bonds is 9. The molecule has 0 radical (unpaired) electrons. The first-order valence-electron chi connectivity index (χ1n) is 9.49. The Hall–Kier alpha value is -2.38. The maximum absolute atomic E-state index is 12.2. The highest BCUT2D eigenvalue weighted by Crippen LogP contribution is 2.11. The number of aryl methyl sites for hydroxylation is 2. The average Bonchev–Trinajstić information content (AvgIpc) is 2.66. The van der Waals surface area contributed by atoms with Gasteiger partial charge in [-0.3, -0.25) is 0 Å². The maximum atomic E-state index is 12.2. The molecule has 0 aliphatic heterocycles. The molecule has 7 heteroatoms. The fraction of sp³-hybridized carbons (Fsp3) is 0.381. The van der Waals surface area contributed by atoms with E-state index < -0.39 is 10.0 Å². The number of aliphatic imine (C=N–C) groups is 1. The Labute approximate surface area is 168 Å². The van der Waals surface area contributed by atoms with E-state index >= 15 is 0 Å². The lowest BCUT2D eigenvalue weighted by Gasteiger charge is -2.12. The Morgan fingerprint density at radius 1 is 1.04 bits per heavy atom. The highest BCUT2D eigenvalue weighted by atomic mass is 32.2. The number of hydrogen-bond donors (Lipinski definition) is 3. The molecule has 0 amide bonds. The molecule has 152 valence electrons. The summed E-state index contributed by atoms with van der Waals surface area (Å²) in [6.45, 7) is 7.94. The normalized spacial score (nSPS) is 12.0. The number of nitrogens with one attached hydrogen (secondary N) is 3. The van der Waals surface area contributed by atoms with Crippen molar-refractivity contribution < 1.29 is 8.42 Å². The molecule has 3 N–H and O–H groups in total. The quantitative estimate of drug-likeness (QED) is 0.445. The highest BCUT2D eigenvalue weighted by molar-refractivity contribution is 7.89. The van der Waals surface area contributed by atoms with E-state index in [2.05, 4.69) is 52.4 Å². The summed E-state index contributed by atoms with van der Waals surface area (Å²) >= 11 is 0. The Morgan fingerprint density at radius 3 is 2.46 bits per heavy atom. The van der Waals surface area contributed by atoms with Gasteiger partial charge >= 0.3 is 0 Å². The first-order valence-corrected chi connectivity index (χ1v) is 11.1. The van der Waals surface area contributed by atoms with Crippen molar-refractivity contribution in [2.45, 2.75) is 33.9 Å². The first kappa shape index (κ1) is 21.9. The molecule has 2 aromatic carbocycles. The SMILES string of the molecule is CCNC(=NCc1ccc(C)cc1C)NCCS(=O)(=O)NCc1ccccc1. The molecule has 0 heterocycles. The van der Waals surface area contributed by atoms with Gasteiger partial charge in [-0.25, -0.2) is 18.1 Å². The largest absolute Gasteiger partial charge is 0.357 e. The van der Waals surface area contributed by atoms with E-state index in [0.717, 1.165) is 11.1 Å². The van der Waals surface area contributed by atoms with Crippen LogP contribution in [-0.4, -0.2) is 33.2 Å². The molecule has 0 spiro atoms. The monoisotopic (exact) mass is 402 g/mol. The van der Waals surface area contributed by atoms with Gasteiger partial charge in [0.2, 0.25) is 10.0 Å². The Kier molecular flexibility index (Phi) is 8.47. The van der Waals surface area contributed by atoms with Crippen LogP contribution >= 0.6 is 0 Å². The lowest BCUT2D eigenvalue weighted by atomic mass is 10.1. The van der Waals surface area contributed by atoms with E-state index in [1.165, 1.54) is 11.1 Å². The van der Waals surface area contributed by atoms with E-state index in [4.69, 9.17) is 0 Å². The molecule has 2 aromatic rings. The zero-order chi connectivity index (χ0) is 20.4. The molecular weight excluding hydrogens is 372 g/mol. The van der Waals surface area contributed by atoms with Crippen molar-refractivity contribution in [2.75, 3.05) is 18.8 Å². The molecular formula is C21H30N4O2S. The summed E-state index contributed by atoms with van der Waals surface area (Å²) in [5.41, 5.74) is 4.51. The molecule has 0 aliphatic carbocycles. The van der Waals surface area contributed by atoms with Gasteiger partial charge in [0.15, 0.2) is 5.96 Å². The van der Waals surface area contributed by atoms with Crippen molar-refractivity contribution in [1.29, 1.82) is 0 Å². The number of benzene rings is 2. The van der Waals surface area contributed by atoms with Crippen LogP contribution in [0.2, 0.25) is 0 Å². The van der Waals surface area contributed by atoms with Crippen LogP contribution in [0.5, 0.6) is 0 Å². The molecule has 0 bridgehead atoms. The minimum absolute atomic E-state index is 0.0200. The second-order valence-electron chi connectivity index (χ2n) is 6.68. The molecule has 0 atom stereocenters. The predicted molar refractivity (Wildman–Crippen MR) is 116 cm³/mol. The van der Waals surface area contributed by atoms with E-state index in [0.29, 0.717) is 25.6 Å². The van der Waals surface area contributed by atoms with Crippen LogP contribution in [0.25, 0.3) is 0 Å². The molecule has 0 saturated carbocycles. The lowest BCUT2D eigenvalue weighted by Crippen LogP contribution is -2.41. The van der Waals surface area contributed by atoms with Gasteiger partial charge in [0.05, 0.1) is 12.3 Å². The summed E-state index contributed by atoms with van der Waals surface area (Å²) in [5, 5.41) is 6.25. The molecule has 0 aliphatic rings. The van der Waals surface area contributed by atoms with E-state index in [9.17, 15) is 8.42 Å². The second-order valence-corrected chi connectivity index (χ2v) is 8.60. The van der Waals surface area contributed by atoms with Gasteiger partial charge in [-0.2, -0.15) is 0 Å². The zero-order valence-electron chi connectivity index (χ0n) is 16.8. The fourth-order valence-electron chi connectivity index (χ4n) is 2.69. The number of guanidine groups is 1. The molecule has 2 rings (SSSR count). The minimum atomic E-state index is -3.36. The summed E-state index contributed by atoms with van der Waals surface area (Å²) in [7, 11) is -3.36. The van der Waals surface area contributed by atoms with Crippen molar-refractivity contribution in [3.8, 4) is 0 Å². The fourth-order valence-corrected chi connectivity index (χ4v) is 3.60. The van der Waals surface area contributed by atoms with Crippen LogP contribution in [0, 0.1) is 13.8 Å². The van der Waals surface area contributed by atoms with Crippen molar-refractivity contribution in [3.05, 3.63) is 70.8 Å². The average molecular weight is 403 g/mol. The third-order valence-corrected chi connectivity index (χ3v) is 5.58. The molecule has 6 nitrogen and oxygen atoms in total. The molecule has 0 saturated heterocycles. The van der Waals surface area contributed by atoms with Crippen LogP contribution < -0.4 is 15.4 Å². The lowest BCUT2D eigenvalue weighted by molar-refractivity contribution is 0.580. The first-order chi connectivity index (χ1) is 13.4. The number of sulfonamides is 1. The predicted octanol–water partition coefficient (Wildman–Crippen LogP) is 2.48. The summed E-state index contributed by atoms with van der Waals surface area (Å²) < 4.78 is 27.0. The van der Waals surface area contributed by atoms with E-state index in [-0.39, 0.29) is 12.3 Å². The van der Waals surface area contributed by atoms with Crippen molar-refractivity contribution in [3.63, 3.8) is 0 Å². The van der Waals surface area contributed by atoms with Gasteiger partial charge < -0.3 is 10.6 Å². The van der Waals surface area contributed by atoms with Gasteiger partial charge in [0, 0.05) is 19.6 Å². The van der Waals surface area contributed by atoms with Crippen molar-refractivity contribution >= 4 is 16.0 Å². The summed E-state index contributed by atoms with van der Waals surface area (Å²) in [6.07, 6.45) is 0. The van der Waals surface area contributed by atoms with Gasteiger partial charge in [0.25, 0.3) is 0 Å². The Morgan fingerprint density at radius 2 is 1.79 bits per heavy atom. The van der Waals surface area contributed by atoms with Crippen LogP contribution in [-0.2, 0) is 23.1 Å². The van der Waals surface area contributed by atoms with Gasteiger partial charge in [0.1, 0.15) is 0 Å². The molecule has 0 fully saturated rings. The van der Waals surface area contributed by atoms with E-state index in [1.54, 1.807) is 0 Å². The smallest absolute Gasteiger partial charge is 0.213 e. The van der Waals surface area contributed by atoms with Crippen LogP contribution in [0.4, 0.5) is 0 Å². The van der Waals surface area contributed by atoms with Gasteiger partial charge in [-0.05, 0) is 37.5 Å². The number of nitrogens with zero attached hydrogens (tertiary/aromatic N) is 1. The highest BCUT2D eigenvalue weighted by Gasteiger charge is 2.10. The Balaban J connectivity index is 1.86. The topological polar surface area (TPSA) is 82.6 Å². The van der Waals surface area contributed by atoms with Gasteiger partial charge in [-0.15, -0.1) is 0 Å². The molecule has 0 unspecified atom stereocenters. The van der Waals surface area contributed by atoms with Gasteiger partial charge in [-0.1, -0.05) is 54.1 Å². The molecule has 28 heavy (non-hydrogen) atoms. The van der Waals surface area contributed by atoms with Crippen LogP contribution in [0.3, 0.4) is 0 Å². The second kappa shape index (κ2) is 10.8. The third-order valence-electron chi connectivity index (χ3n) is 4.25. The summed E-state index contributed by atoms with van der Waals surface area (Å²) in [4.78, 5) is 4.57. The third kappa shape index (κ3) is 7.70. The minimum Gasteiger partial charge on any atom is -0.357 e. The number of hydrogen-bond acceptors (Lipinski definition) is 3. The van der Waals surface area contributed by atoms with Crippen molar-refractivity contribution in [2.24, 2.45) is 4.99 Å². The maximum Gasteiger partial charge on any atom is 0.213 e. The zero-order valence-corrected chi connectivity index (χ0v) is 17.6. The summed E-state index contributed by atoms with van der Waals surface area (Å²) in [6, 6.07) is 15.8. The van der Waals surface area contributed by atoms with Crippen LogP contribution in [0.1, 0.15) is 29.2 Å². The summed E-state index contributed by atoms with van der Waals surface area (Å²) in [5.74, 6) is 0.592. The van der Waals surface area contributed by atoms with Crippen molar-refractivity contribution in [1.82, 2.24) is 15.4 Å². The van der Waals surface area contributed by atoms with Crippen LogP contribution in [0.15, 0.2) is 53.5 Å². The standard InChI is InChI=1S/C21H30N4O2S/c1-4-22-21(24-16-20-11-10-17(2)14-18(20)3)23-12-13-28(26,27)25-15-19-8-6-5-7-9-19/h5-11,14,25H,4,12-13,15-16H2,1-3H3,(H2,22,23,24). The Bertz CT molecular complexity index is 881. The van der Waals surface area contributed by atoms with E-state index in [1.807, 2.05) is 37.3 Å². The molecule has 0 aromatic heterocycles.